The van der Waals surface area contributed by atoms with Gasteiger partial charge < -0.3 is 19.3 Å². The summed E-state index contributed by atoms with van der Waals surface area (Å²) in [4.78, 5) is 0. The summed E-state index contributed by atoms with van der Waals surface area (Å²) in [6, 6.07) is 16.3. The Morgan fingerprint density at radius 2 is 1.73 bits per heavy atom. The number of para-hydroxylation sites is 1. The van der Waals surface area contributed by atoms with Crippen LogP contribution in [-0.2, 0) is 10.2 Å². The second-order valence-corrected chi connectivity index (χ2v) is 9.08. The molecule has 2 aromatic rings. The van der Waals surface area contributed by atoms with Gasteiger partial charge in [-0.2, -0.15) is 0 Å². The first-order valence-corrected chi connectivity index (χ1v) is 10.9. The van der Waals surface area contributed by atoms with Crippen LogP contribution in [0, 0.1) is 11.8 Å². The summed E-state index contributed by atoms with van der Waals surface area (Å²) in [5.74, 6) is 2.20. The Labute approximate surface area is 181 Å². The number of aliphatic hydroxyl groups is 1. The lowest BCUT2D eigenvalue weighted by molar-refractivity contribution is -0.0756. The molecule has 164 valence electrons. The fourth-order valence-electron chi connectivity index (χ4n) is 4.90. The number of rotatable bonds is 8. The summed E-state index contributed by atoms with van der Waals surface area (Å²) >= 11 is 0. The highest BCUT2D eigenvalue weighted by Gasteiger charge is 2.40. The number of aliphatic hydroxyl groups excluding tert-OH is 1. The van der Waals surface area contributed by atoms with Crippen LogP contribution < -0.4 is 9.47 Å². The molecule has 2 aromatic carbocycles. The molecule has 1 saturated carbocycles. The fourth-order valence-corrected chi connectivity index (χ4v) is 4.90. The van der Waals surface area contributed by atoms with Gasteiger partial charge in [-0.1, -0.05) is 69.7 Å². The van der Waals surface area contributed by atoms with E-state index >= 15 is 0 Å². The van der Waals surface area contributed by atoms with E-state index in [4.69, 9.17) is 14.2 Å². The van der Waals surface area contributed by atoms with Crippen molar-refractivity contribution in [3.05, 3.63) is 59.7 Å². The third kappa shape index (κ3) is 4.81. The first kappa shape index (κ1) is 22.6. The molecule has 0 heterocycles. The maximum atomic E-state index is 10.9. The van der Waals surface area contributed by atoms with Crippen molar-refractivity contribution in [3.8, 4) is 11.5 Å². The van der Waals surface area contributed by atoms with Crippen molar-refractivity contribution in [1.82, 2.24) is 0 Å². The van der Waals surface area contributed by atoms with Crippen molar-refractivity contribution >= 4 is 0 Å². The SMILES string of the molecule is COc1cccc([C@H](O)CO[C@@H]2C[C@H](C)CC[C@H]2C(C)(C)c2ccccc2)c1OC. The van der Waals surface area contributed by atoms with Gasteiger partial charge in [-0.05, 0) is 41.7 Å². The summed E-state index contributed by atoms with van der Waals surface area (Å²) in [6.45, 7) is 7.17. The van der Waals surface area contributed by atoms with Crippen molar-refractivity contribution in [2.75, 3.05) is 20.8 Å². The van der Waals surface area contributed by atoms with Gasteiger partial charge in [0.2, 0.25) is 0 Å². The van der Waals surface area contributed by atoms with Gasteiger partial charge in [0.05, 0.1) is 26.9 Å². The van der Waals surface area contributed by atoms with Crippen molar-refractivity contribution < 1.29 is 19.3 Å². The molecule has 4 atom stereocenters. The fraction of sp³-hybridized carbons (Fsp3) is 0.538. The van der Waals surface area contributed by atoms with E-state index in [0.29, 0.717) is 28.9 Å². The largest absolute Gasteiger partial charge is 0.493 e. The van der Waals surface area contributed by atoms with Gasteiger partial charge in [0.15, 0.2) is 11.5 Å². The molecule has 4 nitrogen and oxygen atoms in total. The zero-order chi connectivity index (χ0) is 21.7. The third-order valence-corrected chi connectivity index (χ3v) is 6.76. The average Bonchev–Trinajstić information content (AvgIpc) is 2.77. The van der Waals surface area contributed by atoms with E-state index in [2.05, 4.69) is 51.1 Å². The Hall–Kier alpha value is -2.04. The lowest BCUT2D eigenvalue weighted by Crippen LogP contribution is -2.43. The maximum Gasteiger partial charge on any atom is 0.166 e. The van der Waals surface area contributed by atoms with E-state index in [1.807, 2.05) is 18.2 Å². The number of hydrogen-bond donors (Lipinski definition) is 1. The first-order chi connectivity index (χ1) is 14.4. The molecule has 0 bridgehead atoms. The minimum atomic E-state index is -0.771. The Bertz CT molecular complexity index is 802. The topological polar surface area (TPSA) is 47.9 Å². The molecule has 1 aliphatic carbocycles. The molecule has 1 N–H and O–H groups in total. The lowest BCUT2D eigenvalue weighted by atomic mass is 9.64. The minimum absolute atomic E-state index is 0.00464. The number of methoxy groups -OCH3 is 2. The highest BCUT2D eigenvalue weighted by Crippen LogP contribution is 2.44. The molecule has 0 spiro atoms. The van der Waals surface area contributed by atoms with Crippen molar-refractivity contribution in [2.24, 2.45) is 11.8 Å². The molecule has 0 radical (unpaired) electrons. The van der Waals surface area contributed by atoms with Crippen LogP contribution in [0.25, 0.3) is 0 Å². The van der Waals surface area contributed by atoms with Gasteiger partial charge in [0.25, 0.3) is 0 Å². The smallest absolute Gasteiger partial charge is 0.166 e. The van der Waals surface area contributed by atoms with E-state index < -0.39 is 6.10 Å². The zero-order valence-corrected chi connectivity index (χ0v) is 18.9. The zero-order valence-electron chi connectivity index (χ0n) is 18.9. The quantitative estimate of drug-likeness (QED) is 0.619. The van der Waals surface area contributed by atoms with Crippen LogP contribution in [0.1, 0.15) is 57.3 Å². The van der Waals surface area contributed by atoms with E-state index in [-0.39, 0.29) is 18.1 Å². The van der Waals surface area contributed by atoms with Crippen LogP contribution in [0.3, 0.4) is 0 Å². The second-order valence-electron chi connectivity index (χ2n) is 9.08. The van der Waals surface area contributed by atoms with Gasteiger partial charge >= 0.3 is 0 Å². The average molecular weight is 413 g/mol. The Morgan fingerprint density at radius 1 is 1.00 bits per heavy atom. The normalized spacial score (nSPS) is 23.1. The molecule has 1 aliphatic rings. The molecule has 30 heavy (non-hydrogen) atoms. The minimum Gasteiger partial charge on any atom is -0.493 e. The molecule has 0 amide bonds. The van der Waals surface area contributed by atoms with E-state index in [1.54, 1.807) is 14.2 Å². The Morgan fingerprint density at radius 3 is 2.40 bits per heavy atom. The van der Waals surface area contributed by atoms with E-state index in [9.17, 15) is 5.11 Å². The maximum absolute atomic E-state index is 10.9. The molecule has 0 unspecified atom stereocenters. The number of ether oxygens (including phenoxy) is 3. The number of hydrogen-bond acceptors (Lipinski definition) is 4. The van der Waals surface area contributed by atoms with E-state index in [0.717, 1.165) is 12.8 Å². The second kappa shape index (κ2) is 9.84. The van der Waals surface area contributed by atoms with Crippen molar-refractivity contribution in [3.63, 3.8) is 0 Å². The summed E-state index contributed by atoms with van der Waals surface area (Å²) in [5.41, 5.74) is 2.04. The molecule has 0 saturated heterocycles. The van der Waals surface area contributed by atoms with Gasteiger partial charge in [0.1, 0.15) is 6.10 Å². The molecule has 4 heteroatoms. The molecule has 0 aromatic heterocycles. The summed E-state index contributed by atoms with van der Waals surface area (Å²) < 4.78 is 17.3. The monoisotopic (exact) mass is 412 g/mol. The molecule has 1 fully saturated rings. The lowest BCUT2D eigenvalue weighted by Gasteiger charge is -2.44. The predicted molar refractivity (Wildman–Crippen MR) is 120 cm³/mol. The van der Waals surface area contributed by atoms with Crippen LogP contribution >= 0.6 is 0 Å². The molecule has 3 rings (SSSR count). The standard InChI is InChI=1S/C26H36O4/c1-18-14-15-21(26(2,3)19-10-7-6-8-11-19)24(16-18)30-17-22(27)20-12-9-13-23(28-4)25(20)29-5/h6-13,18,21-22,24,27H,14-17H2,1-5H3/t18-,21-,22-,24-/m1/s1. The van der Waals surface area contributed by atoms with Gasteiger partial charge in [0, 0.05) is 5.56 Å². The van der Waals surface area contributed by atoms with Crippen molar-refractivity contribution in [2.45, 2.75) is 57.7 Å². The molecule has 0 aliphatic heterocycles. The van der Waals surface area contributed by atoms with Crippen LogP contribution in [0.4, 0.5) is 0 Å². The van der Waals surface area contributed by atoms with Crippen LogP contribution in [-0.4, -0.2) is 32.0 Å². The summed E-state index contributed by atoms with van der Waals surface area (Å²) in [7, 11) is 3.19. The highest BCUT2D eigenvalue weighted by atomic mass is 16.5. The van der Waals surface area contributed by atoms with Gasteiger partial charge in [-0.25, -0.2) is 0 Å². The van der Waals surface area contributed by atoms with Crippen LogP contribution in [0.5, 0.6) is 11.5 Å². The predicted octanol–water partition coefficient (Wildman–Crippen LogP) is 5.54. The van der Waals surface area contributed by atoms with Gasteiger partial charge in [-0.3, -0.25) is 0 Å². The Balaban J connectivity index is 1.76. The molecular weight excluding hydrogens is 376 g/mol. The third-order valence-electron chi connectivity index (χ3n) is 6.76. The molecular formula is C26H36O4. The Kier molecular flexibility index (Phi) is 7.43. The van der Waals surface area contributed by atoms with Crippen molar-refractivity contribution in [1.29, 1.82) is 0 Å². The summed E-state index contributed by atoms with van der Waals surface area (Å²) in [5, 5.41) is 10.9. The summed E-state index contributed by atoms with van der Waals surface area (Å²) in [6.07, 6.45) is 2.70. The number of benzene rings is 2. The first-order valence-electron chi connectivity index (χ1n) is 10.9. The van der Waals surface area contributed by atoms with Gasteiger partial charge in [-0.15, -0.1) is 0 Å². The van der Waals surface area contributed by atoms with E-state index in [1.165, 1.54) is 12.0 Å². The highest BCUT2D eigenvalue weighted by molar-refractivity contribution is 5.47. The van der Waals surface area contributed by atoms with Crippen LogP contribution in [0.15, 0.2) is 48.5 Å². The van der Waals surface area contributed by atoms with Crippen LogP contribution in [0.2, 0.25) is 0 Å².